The molecule has 1 heterocycles. The molecule has 0 aliphatic carbocycles. The SMILES string of the molecule is CN(Cc1cnn(C)c1)Cc1ccccc1C(=O)NN. The van der Waals surface area contributed by atoms with Crippen molar-refractivity contribution in [1.29, 1.82) is 0 Å². The molecule has 6 nitrogen and oxygen atoms in total. The Hall–Kier alpha value is -2.18. The topological polar surface area (TPSA) is 76.2 Å². The first-order valence-electron chi connectivity index (χ1n) is 6.35. The van der Waals surface area contributed by atoms with E-state index < -0.39 is 0 Å². The Morgan fingerprint density at radius 3 is 2.80 bits per heavy atom. The van der Waals surface area contributed by atoms with Crippen LogP contribution in [0.3, 0.4) is 0 Å². The molecule has 0 saturated carbocycles. The number of rotatable bonds is 5. The van der Waals surface area contributed by atoms with Crippen LogP contribution in [0.5, 0.6) is 0 Å². The number of hydrogen-bond acceptors (Lipinski definition) is 4. The van der Waals surface area contributed by atoms with E-state index >= 15 is 0 Å². The zero-order valence-electron chi connectivity index (χ0n) is 11.7. The first-order valence-corrected chi connectivity index (χ1v) is 6.35. The maximum atomic E-state index is 11.7. The highest BCUT2D eigenvalue weighted by Gasteiger charge is 2.11. The molecular formula is C14H19N5O. The lowest BCUT2D eigenvalue weighted by atomic mass is 10.1. The number of amides is 1. The summed E-state index contributed by atoms with van der Waals surface area (Å²) in [5.41, 5.74) is 4.86. The summed E-state index contributed by atoms with van der Waals surface area (Å²) < 4.78 is 1.78. The summed E-state index contributed by atoms with van der Waals surface area (Å²) >= 11 is 0. The molecular weight excluding hydrogens is 254 g/mol. The Balaban J connectivity index is 2.07. The summed E-state index contributed by atoms with van der Waals surface area (Å²) in [4.78, 5) is 13.8. The van der Waals surface area contributed by atoms with Crippen molar-refractivity contribution in [3.63, 3.8) is 0 Å². The molecule has 6 heteroatoms. The maximum Gasteiger partial charge on any atom is 0.265 e. The van der Waals surface area contributed by atoms with Gasteiger partial charge in [0.2, 0.25) is 0 Å². The standard InChI is InChI=1S/C14H19N5O/c1-18(8-11-7-16-19(2)9-11)10-12-5-3-4-6-13(12)14(20)17-15/h3-7,9H,8,10,15H2,1-2H3,(H,17,20). The molecule has 20 heavy (non-hydrogen) atoms. The van der Waals surface area contributed by atoms with Gasteiger partial charge in [-0.3, -0.25) is 19.8 Å². The van der Waals surface area contributed by atoms with Crippen molar-refractivity contribution in [2.24, 2.45) is 12.9 Å². The molecule has 0 fully saturated rings. The third kappa shape index (κ3) is 3.43. The Kier molecular flexibility index (Phi) is 4.49. The molecule has 1 aromatic heterocycles. The third-order valence-corrected chi connectivity index (χ3v) is 3.04. The number of hydrazine groups is 1. The van der Waals surface area contributed by atoms with Gasteiger partial charge in [0.15, 0.2) is 0 Å². The predicted molar refractivity (Wildman–Crippen MR) is 76.5 cm³/mol. The van der Waals surface area contributed by atoms with E-state index in [9.17, 15) is 4.79 Å². The minimum atomic E-state index is -0.268. The molecule has 0 spiro atoms. The van der Waals surface area contributed by atoms with Gasteiger partial charge in [0.25, 0.3) is 5.91 Å². The van der Waals surface area contributed by atoms with Crippen molar-refractivity contribution in [3.05, 3.63) is 53.3 Å². The van der Waals surface area contributed by atoms with Crippen LogP contribution in [-0.2, 0) is 20.1 Å². The first-order chi connectivity index (χ1) is 9.60. The average molecular weight is 273 g/mol. The number of benzene rings is 1. The number of aromatic nitrogens is 2. The largest absolute Gasteiger partial charge is 0.298 e. The number of nitrogen functional groups attached to an aromatic ring is 1. The molecule has 0 radical (unpaired) electrons. The monoisotopic (exact) mass is 273 g/mol. The van der Waals surface area contributed by atoms with Crippen LogP contribution in [0.4, 0.5) is 0 Å². The minimum absolute atomic E-state index is 0.268. The van der Waals surface area contributed by atoms with Crippen molar-refractivity contribution in [2.75, 3.05) is 7.05 Å². The number of nitrogens with one attached hydrogen (secondary N) is 1. The maximum absolute atomic E-state index is 11.7. The van der Waals surface area contributed by atoms with Gasteiger partial charge in [-0.15, -0.1) is 0 Å². The van der Waals surface area contributed by atoms with E-state index in [1.54, 1.807) is 10.7 Å². The van der Waals surface area contributed by atoms with Crippen LogP contribution < -0.4 is 11.3 Å². The lowest BCUT2D eigenvalue weighted by Gasteiger charge is -2.17. The van der Waals surface area contributed by atoms with E-state index in [2.05, 4.69) is 15.4 Å². The van der Waals surface area contributed by atoms with Crippen LogP contribution in [0.25, 0.3) is 0 Å². The summed E-state index contributed by atoms with van der Waals surface area (Å²) in [6, 6.07) is 7.45. The Bertz CT molecular complexity index is 593. The van der Waals surface area contributed by atoms with Crippen LogP contribution in [0.2, 0.25) is 0 Å². The lowest BCUT2D eigenvalue weighted by molar-refractivity contribution is 0.0952. The van der Waals surface area contributed by atoms with E-state index in [0.29, 0.717) is 12.1 Å². The van der Waals surface area contributed by atoms with E-state index in [1.807, 2.05) is 44.7 Å². The summed E-state index contributed by atoms with van der Waals surface area (Å²) in [5.74, 6) is 4.94. The molecule has 106 valence electrons. The van der Waals surface area contributed by atoms with Crippen molar-refractivity contribution in [1.82, 2.24) is 20.1 Å². The Morgan fingerprint density at radius 2 is 2.15 bits per heavy atom. The van der Waals surface area contributed by atoms with Crippen molar-refractivity contribution in [3.8, 4) is 0 Å². The van der Waals surface area contributed by atoms with Crippen LogP contribution >= 0.6 is 0 Å². The van der Waals surface area contributed by atoms with Gasteiger partial charge < -0.3 is 0 Å². The van der Waals surface area contributed by atoms with Crippen molar-refractivity contribution < 1.29 is 4.79 Å². The molecule has 3 N–H and O–H groups in total. The zero-order valence-corrected chi connectivity index (χ0v) is 11.7. The molecule has 0 unspecified atom stereocenters. The molecule has 2 aromatic rings. The Morgan fingerprint density at radius 1 is 1.40 bits per heavy atom. The Labute approximate surface area is 118 Å². The van der Waals surface area contributed by atoms with Crippen LogP contribution in [0.15, 0.2) is 36.7 Å². The highest BCUT2D eigenvalue weighted by molar-refractivity contribution is 5.95. The molecule has 0 aliphatic rings. The summed E-state index contributed by atoms with van der Waals surface area (Å²) in [7, 11) is 3.90. The smallest absolute Gasteiger partial charge is 0.265 e. The molecule has 0 atom stereocenters. The van der Waals surface area contributed by atoms with Crippen LogP contribution in [-0.4, -0.2) is 27.6 Å². The van der Waals surface area contributed by atoms with Crippen molar-refractivity contribution >= 4 is 5.91 Å². The second-order valence-corrected chi connectivity index (χ2v) is 4.83. The minimum Gasteiger partial charge on any atom is -0.298 e. The van der Waals surface area contributed by atoms with Gasteiger partial charge in [-0.25, -0.2) is 5.84 Å². The summed E-state index contributed by atoms with van der Waals surface area (Å²) in [6.07, 6.45) is 3.82. The van der Waals surface area contributed by atoms with Gasteiger partial charge >= 0.3 is 0 Å². The fraction of sp³-hybridized carbons (Fsp3) is 0.286. The van der Waals surface area contributed by atoms with Gasteiger partial charge in [-0.05, 0) is 18.7 Å². The molecule has 0 bridgehead atoms. The molecule has 2 rings (SSSR count). The molecule has 1 amide bonds. The summed E-state index contributed by atoms with van der Waals surface area (Å²) in [6.45, 7) is 1.44. The fourth-order valence-corrected chi connectivity index (χ4v) is 2.17. The number of nitrogens with two attached hydrogens (primary N) is 1. The number of carbonyl (C=O) groups excluding carboxylic acids is 1. The second kappa shape index (κ2) is 6.31. The number of carbonyl (C=O) groups is 1. The van der Waals surface area contributed by atoms with Gasteiger partial charge in [-0.1, -0.05) is 18.2 Å². The highest BCUT2D eigenvalue weighted by atomic mass is 16.2. The summed E-state index contributed by atoms with van der Waals surface area (Å²) in [5, 5.41) is 4.15. The van der Waals surface area contributed by atoms with Gasteiger partial charge in [0, 0.05) is 37.5 Å². The van der Waals surface area contributed by atoms with Crippen molar-refractivity contribution in [2.45, 2.75) is 13.1 Å². The number of nitrogens with zero attached hydrogens (tertiary/aromatic N) is 3. The van der Waals surface area contributed by atoms with Gasteiger partial charge in [0.05, 0.1) is 6.20 Å². The quantitative estimate of drug-likeness (QED) is 0.476. The number of hydrogen-bond donors (Lipinski definition) is 2. The predicted octanol–water partition coefficient (Wildman–Crippen LogP) is 0.656. The van der Waals surface area contributed by atoms with E-state index in [0.717, 1.165) is 17.7 Å². The third-order valence-electron chi connectivity index (χ3n) is 3.04. The molecule has 0 saturated heterocycles. The highest BCUT2D eigenvalue weighted by Crippen LogP contribution is 2.12. The van der Waals surface area contributed by atoms with E-state index in [-0.39, 0.29) is 5.91 Å². The van der Waals surface area contributed by atoms with Gasteiger partial charge in [-0.2, -0.15) is 5.10 Å². The van der Waals surface area contributed by atoms with Crippen LogP contribution in [0, 0.1) is 0 Å². The van der Waals surface area contributed by atoms with Crippen LogP contribution in [0.1, 0.15) is 21.5 Å². The van der Waals surface area contributed by atoms with E-state index in [4.69, 9.17) is 5.84 Å². The van der Waals surface area contributed by atoms with E-state index in [1.165, 1.54) is 0 Å². The second-order valence-electron chi connectivity index (χ2n) is 4.83. The average Bonchev–Trinajstić information content (AvgIpc) is 2.83. The van der Waals surface area contributed by atoms with Gasteiger partial charge in [0.1, 0.15) is 0 Å². The fourth-order valence-electron chi connectivity index (χ4n) is 2.17. The normalized spacial score (nSPS) is 10.8. The number of aryl methyl sites for hydroxylation is 1. The molecule has 0 aliphatic heterocycles. The first kappa shape index (κ1) is 14.2. The molecule has 1 aromatic carbocycles. The zero-order chi connectivity index (χ0) is 14.5. The lowest BCUT2D eigenvalue weighted by Crippen LogP contribution is -2.31.